The van der Waals surface area contributed by atoms with Crippen LogP contribution < -0.4 is 9.47 Å². The molecule has 2 aromatic heterocycles. The highest BCUT2D eigenvalue weighted by Gasteiger charge is 2.31. The molecule has 3 rings (SSSR count). The number of aromatic nitrogens is 3. The Morgan fingerprint density at radius 1 is 1.25 bits per heavy atom. The summed E-state index contributed by atoms with van der Waals surface area (Å²) in [6, 6.07) is 5.63. The van der Waals surface area contributed by atoms with Gasteiger partial charge in [-0.1, -0.05) is 0 Å². The van der Waals surface area contributed by atoms with E-state index < -0.39 is 0 Å². The summed E-state index contributed by atoms with van der Waals surface area (Å²) >= 11 is 0. The predicted molar refractivity (Wildman–Crippen MR) is 88.6 cm³/mol. The first-order chi connectivity index (χ1) is 11.5. The molecule has 1 amide bonds. The number of hydrogen-bond donors (Lipinski definition) is 0. The molecule has 7 nitrogen and oxygen atoms in total. The second-order valence-electron chi connectivity index (χ2n) is 5.98. The van der Waals surface area contributed by atoms with Crippen molar-refractivity contribution in [3.05, 3.63) is 35.2 Å². The molecule has 0 N–H and O–H groups in total. The van der Waals surface area contributed by atoms with Crippen molar-refractivity contribution >= 4 is 5.91 Å². The minimum absolute atomic E-state index is 0.0777. The molecule has 0 bridgehead atoms. The number of pyridine rings is 1. The summed E-state index contributed by atoms with van der Waals surface area (Å²) in [5.41, 5.74) is 2.57. The van der Waals surface area contributed by atoms with Crippen LogP contribution in [0.2, 0.25) is 0 Å². The van der Waals surface area contributed by atoms with Gasteiger partial charge in [0.05, 0.1) is 26.0 Å². The molecule has 1 saturated heterocycles. The summed E-state index contributed by atoms with van der Waals surface area (Å²) in [4.78, 5) is 18.8. The topological polar surface area (TPSA) is 69.5 Å². The van der Waals surface area contributed by atoms with E-state index in [2.05, 4.69) is 16.1 Å². The third kappa shape index (κ3) is 2.93. The lowest BCUT2D eigenvalue weighted by Gasteiger charge is -2.18. The third-order valence-corrected chi connectivity index (χ3v) is 4.31. The molecule has 0 aromatic carbocycles. The van der Waals surface area contributed by atoms with E-state index >= 15 is 0 Å². The van der Waals surface area contributed by atoms with Gasteiger partial charge in [0.2, 0.25) is 11.8 Å². The molecule has 7 heteroatoms. The van der Waals surface area contributed by atoms with Crippen LogP contribution in [0, 0.1) is 13.8 Å². The van der Waals surface area contributed by atoms with Gasteiger partial charge in [-0.25, -0.2) is 0 Å². The maximum Gasteiger partial charge on any atom is 0.259 e. The molecule has 24 heavy (non-hydrogen) atoms. The summed E-state index contributed by atoms with van der Waals surface area (Å²) < 4.78 is 12.3. The zero-order chi connectivity index (χ0) is 17.3. The first-order valence-corrected chi connectivity index (χ1v) is 7.94. The van der Waals surface area contributed by atoms with Crippen molar-refractivity contribution < 1.29 is 14.3 Å². The van der Waals surface area contributed by atoms with E-state index in [1.165, 1.54) is 14.2 Å². The Labute approximate surface area is 141 Å². The largest absolute Gasteiger partial charge is 0.481 e. The first-order valence-electron chi connectivity index (χ1n) is 7.94. The van der Waals surface area contributed by atoms with Gasteiger partial charge in [0, 0.05) is 24.8 Å². The van der Waals surface area contributed by atoms with Crippen LogP contribution in [-0.2, 0) is 0 Å². The van der Waals surface area contributed by atoms with Gasteiger partial charge in [-0.05, 0) is 32.4 Å². The Balaban J connectivity index is 1.78. The molecule has 0 unspecified atom stereocenters. The molecule has 3 heterocycles. The molecule has 1 aliphatic heterocycles. The fourth-order valence-electron chi connectivity index (χ4n) is 3.17. The van der Waals surface area contributed by atoms with Crippen molar-refractivity contribution in [1.82, 2.24) is 19.7 Å². The molecule has 1 fully saturated rings. The Morgan fingerprint density at radius 3 is 2.67 bits per heavy atom. The highest BCUT2D eigenvalue weighted by Crippen LogP contribution is 2.27. The molecular weight excluding hydrogens is 308 g/mol. The number of likely N-dealkylation sites (tertiary alicyclic amines) is 1. The van der Waals surface area contributed by atoms with E-state index in [1.54, 1.807) is 12.1 Å². The lowest BCUT2D eigenvalue weighted by molar-refractivity contribution is 0.0782. The van der Waals surface area contributed by atoms with Crippen molar-refractivity contribution in [1.29, 1.82) is 0 Å². The van der Waals surface area contributed by atoms with E-state index in [4.69, 9.17) is 9.47 Å². The number of carbonyl (C=O) groups is 1. The van der Waals surface area contributed by atoms with Crippen molar-refractivity contribution in [2.75, 3.05) is 27.3 Å². The number of nitrogens with zero attached hydrogens (tertiary/aromatic N) is 4. The van der Waals surface area contributed by atoms with Crippen LogP contribution in [0.4, 0.5) is 0 Å². The van der Waals surface area contributed by atoms with E-state index in [-0.39, 0.29) is 17.8 Å². The number of amides is 1. The molecule has 0 aliphatic carbocycles. The normalized spacial score (nSPS) is 17.2. The standard InChI is InChI=1S/C17H22N4O3/c1-11-9-12(2)21(19-11)13-7-8-20(10-13)17(22)14-5-6-15(23-3)18-16(14)24-4/h5-6,9,13H,7-8,10H2,1-4H3/t13-/m0/s1. The van der Waals surface area contributed by atoms with E-state index in [1.807, 2.05) is 23.4 Å². The third-order valence-electron chi connectivity index (χ3n) is 4.31. The number of aryl methyl sites for hydroxylation is 2. The molecule has 0 saturated carbocycles. The SMILES string of the molecule is COc1ccc(C(=O)N2CC[C@H](n3nc(C)cc3C)C2)c(OC)n1. The zero-order valence-corrected chi connectivity index (χ0v) is 14.4. The molecule has 128 valence electrons. The molecule has 0 spiro atoms. The number of carbonyl (C=O) groups excluding carboxylic acids is 1. The zero-order valence-electron chi connectivity index (χ0n) is 14.4. The average molecular weight is 330 g/mol. The minimum atomic E-state index is -0.0777. The minimum Gasteiger partial charge on any atom is -0.481 e. The van der Waals surface area contributed by atoms with Crippen LogP contribution >= 0.6 is 0 Å². The van der Waals surface area contributed by atoms with E-state index in [9.17, 15) is 4.79 Å². The van der Waals surface area contributed by atoms with Crippen LogP contribution in [0.15, 0.2) is 18.2 Å². The summed E-state index contributed by atoms with van der Waals surface area (Å²) in [5.74, 6) is 0.630. The summed E-state index contributed by atoms with van der Waals surface area (Å²) in [5, 5.41) is 4.54. The maximum atomic E-state index is 12.8. The van der Waals surface area contributed by atoms with Gasteiger partial charge < -0.3 is 14.4 Å². The quantitative estimate of drug-likeness (QED) is 0.857. The maximum absolute atomic E-state index is 12.8. The van der Waals surface area contributed by atoms with E-state index in [0.717, 1.165) is 17.8 Å². The van der Waals surface area contributed by atoms with Gasteiger partial charge in [-0.15, -0.1) is 0 Å². The summed E-state index contributed by atoms with van der Waals surface area (Å²) in [7, 11) is 3.03. The second-order valence-corrected chi connectivity index (χ2v) is 5.98. The molecule has 1 aliphatic rings. The molecule has 0 radical (unpaired) electrons. The molecule has 1 atom stereocenters. The monoisotopic (exact) mass is 330 g/mol. The lowest BCUT2D eigenvalue weighted by atomic mass is 10.2. The molecule has 2 aromatic rings. The van der Waals surface area contributed by atoms with Gasteiger partial charge in [0.25, 0.3) is 5.91 Å². The van der Waals surface area contributed by atoms with Crippen molar-refractivity contribution in [2.24, 2.45) is 0 Å². The highest BCUT2D eigenvalue weighted by molar-refractivity contribution is 5.96. The lowest BCUT2D eigenvalue weighted by Crippen LogP contribution is -2.30. The summed E-state index contributed by atoms with van der Waals surface area (Å²) in [6.45, 7) is 5.35. The number of rotatable bonds is 4. The van der Waals surface area contributed by atoms with Gasteiger partial charge in [-0.3, -0.25) is 9.48 Å². The second kappa shape index (κ2) is 6.51. The number of ether oxygens (including phenoxy) is 2. The van der Waals surface area contributed by atoms with Crippen LogP contribution in [0.1, 0.15) is 34.2 Å². The number of hydrogen-bond acceptors (Lipinski definition) is 5. The van der Waals surface area contributed by atoms with Gasteiger partial charge in [0.15, 0.2) is 0 Å². The first kappa shape index (κ1) is 16.3. The Morgan fingerprint density at radius 2 is 2.04 bits per heavy atom. The van der Waals surface area contributed by atoms with Crippen molar-refractivity contribution in [2.45, 2.75) is 26.3 Å². The van der Waals surface area contributed by atoms with Crippen LogP contribution in [0.25, 0.3) is 0 Å². The molecular formula is C17H22N4O3. The fourth-order valence-corrected chi connectivity index (χ4v) is 3.17. The smallest absolute Gasteiger partial charge is 0.259 e. The van der Waals surface area contributed by atoms with E-state index in [0.29, 0.717) is 24.5 Å². The predicted octanol–water partition coefficient (Wildman–Crippen LogP) is 2.00. The van der Waals surface area contributed by atoms with Gasteiger partial charge in [-0.2, -0.15) is 10.1 Å². The van der Waals surface area contributed by atoms with Crippen LogP contribution in [0.3, 0.4) is 0 Å². The fraction of sp³-hybridized carbons (Fsp3) is 0.471. The van der Waals surface area contributed by atoms with Crippen LogP contribution in [0.5, 0.6) is 11.8 Å². The Kier molecular flexibility index (Phi) is 4.42. The average Bonchev–Trinajstić information content (AvgIpc) is 3.19. The Bertz CT molecular complexity index is 756. The highest BCUT2D eigenvalue weighted by atomic mass is 16.5. The van der Waals surface area contributed by atoms with Gasteiger partial charge in [0.1, 0.15) is 5.56 Å². The number of methoxy groups -OCH3 is 2. The van der Waals surface area contributed by atoms with Crippen molar-refractivity contribution in [3.63, 3.8) is 0 Å². The van der Waals surface area contributed by atoms with Gasteiger partial charge >= 0.3 is 0 Å². The van der Waals surface area contributed by atoms with Crippen molar-refractivity contribution in [3.8, 4) is 11.8 Å². The van der Waals surface area contributed by atoms with Crippen LogP contribution in [-0.4, -0.2) is 52.9 Å². The summed E-state index contributed by atoms with van der Waals surface area (Å²) in [6.07, 6.45) is 0.888. The Hall–Kier alpha value is -2.57.